The summed E-state index contributed by atoms with van der Waals surface area (Å²) in [6, 6.07) is 81.9. The highest BCUT2D eigenvalue weighted by Gasteiger charge is 2.34. The molecule has 0 bridgehead atoms. The van der Waals surface area contributed by atoms with E-state index < -0.39 is 8.80 Å². The number of rotatable bonds is 19. The summed E-state index contributed by atoms with van der Waals surface area (Å²) in [6.07, 6.45) is 1.48. The van der Waals surface area contributed by atoms with E-state index in [0.29, 0.717) is 47.3 Å². The van der Waals surface area contributed by atoms with Crippen LogP contribution in [-0.4, -0.2) is 8.80 Å². The van der Waals surface area contributed by atoms with Crippen LogP contribution in [0, 0.1) is 0 Å². The van der Waals surface area contributed by atoms with Gasteiger partial charge in [-0.05, 0) is 220 Å². The predicted molar refractivity (Wildman–Crippen MR) is 411 cm³/mol. The van der Waals surface area contributed by atoms with Crippen LogP contribution in [0.15, 0.2) is 206 Å². The van der Waals surface area contributed by atoms with Gasteiger partial charge in [0.15, 0.2) is 8.80 Å². The van der Waals surface area contributed by atoms with Crippen LogP contribution in [0.5, 0.6) is 0 Å². The summed E-state index contributed by atoms with van der Waals surface area (Å²) in [5.74, 6) is 2.49. The number of hydrogen-bond donors (Lipinski definition) is 0. The van der Waals surface area contributed by atoms with Crippen molar-refractivity contribution in [2.45, 2.75) is 197 Å². The predicted octanol–water partition coefficient (Wildman–Crippen LogP) is 24.6. The van der Waals surface area contributed by atoms with Crippen molar-refractivity contribution >= 4 is 45.9 Å². The van der Waals surface area contributed by atoms with Gasteiger partial charge in [0, 0.05) is 0 Å². The Hall–Kier alpha value is -7.84. The van der Waals surface area contributed by atoms with E-state index in [0.717, 1.165) is 12.8 Å². The Labute approximate surface area is 562 Å². The maximum atomic E-state index is 2.72. The highest BCUT2D eigenvalue weighted by Crippen LogP contribution is 2.48. The molecular formula is C92H103Si. The van der Waals surface area contributed by atoms with E-state index in [1.54, 1.807) is 0 Å². The molecule has 0 nitrogen and oxygen atoms in total. The summed E-state index contributed by atoms with van der Waals surface area (Å²) in [5.41, 5.74) is 29.2. The van der Waals surface area contributed by atoms with Crippen molar-refractivity contribution < 1.29 is 0 Å². The number of hydrogen-bond acceptors (Lipinski definition) is 0. The van der Waals surface area contributed by atoms with Gasteiger partial charge in [0.1, 0.15) is 0 Å². The molecule has 11 aromatic carbocycles. The Morgan fingerprint density at radius 3 is 0.774 bits per heavy atom. The molecule has 475 valence electrons. The molecule has 1 heteroatoms. The third kappa shape index (κ3) is 13.1. The highest BCUT2D eigenvalue weighted by atomic mass is 28.3. The molecule has 11 aromatic rings. The van der Waals surface area contributed by atoms with Gasteiger partial charge in [0.2, 0.25) is 0 Å². The topological polar surface area (TPSA) is 0 Å². The molecule has 0 aliphatic carbocycles. The second-order valence-electron chi connectivity index (χ2n) is 30.3. The molecule has 0 aliphatic heterocycles. The molecule has 0 saturated carbocycles. The lowest BCUT2D eigenvalue weighted by atomic mass is 9.76. The van der Waals surface area contributed by atoms with Gasteiger partial charge in [-0.3, -0.25) is 0 Å². The smallest absolute Gasteiger partial charge is 0.0618 e. The van der Waals surface area contributed by atoms with Crippen LogP contribution in [0.4, 0.5) is 0 Å². The summed E-state index contributed by atoms with van der Waals surface area (Å²) in [6.45, 7) is 45.8. The molecule has 0 N–H and O–H groups in total. The summed E-state index contributed by atoms with van der Waals surface area (Å²) in [7, 11) is -1.96. The van der Waals surface area contributed by atoms with Gasteiger partial charge in [-0.25, -0.2) is 0 Å². The molecule has 11 rings (SSSR count). The molecule has 0 fully saturated rings. The molecule has 0 aromatic heterocycles. The molecule has 0 heterocycles. The van der Waals surface area contributed by atoms with Crippen molar-refractivity contribution in [3.05, 3.63) is 279 Å². The fraction of sp³-hybridized carbons (Fsp3) is 0.326. The van der Waals surface area contributed by atoms with Crippen LogP contribution in [-0.2, 0) is 18.3 Å². The van der Waals surface area contributed by atoms with Crippen LogP contribution in [0.2, 0.25) is 0 Å². The molecular weight excluding hydrogens is 1130 g/mol. The lowest BCUT2D eigenvalue weighted by molar-refractivity contribution is 0.589. The van der Waals surface area contributed by atoms with Gasteiger partial charge in [-0.2, -0.15) is 0 Å². The average molecular weight is 1240 g/mol. The van der Waals surface area contributed by atoms with E-state index in [2.05, 4.69) is 338 Å². The van der Waals surface area contributed by atoms with Crippen molar-refractivity contribution in [1.29, 1.82) is 0 Å². The zero-order valence-corrected chi connectivity index (χ0v) is 60.7. The quantitative estimate of drug-likeness (QED) is 0.0559. The minimum absolute atomic E-state index is 0.202. The number of benzene rings is 11. The maximum absolute atomic E-state index is 2.72. The average Bonchev–Trinajstić information content (AvgIpc) is 0.748. The zero-order chi connectivity index (χ0) is 66.3. The van der Waals surface area contributed by atoms with Gasteiger partial charge in [-0.15, -0.1) is 0 Å². The van der Waals surface area contributed by atoms with E-state index in [1.165, 1.54) is 154 Å². The molecule has 1 radical (unpaired) electrons. The van der Waals surface area contributed by atoms with Crippen LogP contribution >= 0.6 is 0 Å². The summed E-state index contributed by atoms with van der Waals surface area (Å²) >= 11 is 0. The van der Waals surface area contributed by atoms with Crippen molar-refractivity contribution in [2.24, 2.45) is 0 Å². The molecule has 93 heavy (non-hydrogen) atoms. The molecule has 0 atom stereocenters. The molecule has 0 amide bonds. The van der Waals surface area contributed by atoms with Gasteiger partial charge in [-0.1, -0.05) is 338 Å². The van der Waals surface area contributed by atoms with Crippen LogP contribution in [0.1, 0.15) is 251 Å². The largest absolute Gasteiger partial charge is 0.156 e. The van der Waals surface area contributed by atoms with E-state index in [1.807, 2.05) is 0 Å². The van der Waals surface area contributed by atoms with E-state index in [-0.39, 0.29) is 5.41 Å². The van der Waals surface area contributed by atoms with Gasteiger partial charge in [0.25, 0.3) is 0 Å². The van der Waals surface area contributed by atoms with E-state index >= 15 is 0 Å². The zero-order valence-electron chi connectivity index (χ0n) is 59.7. The molecule has 0 spiro atoms. The first-order valence-electron chi connectivity index (χ1n) is 35.2. The Balaban J connectivity index is 1.39. The van der Waals surface area contributed by atoms with Crippen molar-refractivity contribution in [2.75, 3.05) is 0 Å². The van der Waals surface area contributed by atoms with Gasteiger partial charge in [0.05, 0.1) is 0 Å². The van der Waals surface area contributed by atoms with Gasteiger partial charge < -0.3 is 0 Å². The van der Waals surface area contributed by atoms with Crippen LogP contribution in [0.25, 0.3) is 66.1 Å². The first-order chi connectivity index (χ1) is 44.5. The Kier molecular flexibility index (Phi) is 19.8. The molecule has 0 saturated heterocycles. The Morgan fingerprint density at radius 2 is 0.516 bits per heavy atom. The first-order valence-corrected chi connectivity index (χ1v) is 36.7. The van der Waals surface area contributed by atoms with Crippen LogP contribution in [0.3, 0.4) is 0 Å². The summed E-state index contributed by atoms with van der Waals surface area (Å²) in [4.78, 5) is 0. The molecule has 0 unspecified atom stereocenters. The minimum atomic E-state index is -1.96. The first kappa shape index (κ1) is 66.6. The second kappa shape index (κ2) is 27.6. The van der Waals surface area contributed by atoms with E-state index in [4.69, 9.17) is 0 Å². The molecule has 0 aliphatic rings. The highest BCUT2D eigenvalue weighted by molar-refractivity contribution is 6.98. The van der Waals surface area contributed by atoms with E-state index in [9.17, 15) is 0 Å². The standard InChI is InChI=1S/C92H103Si/c1-56(2)69-38-26-39-70(57(3)4)87(69)79-46-30-47-80(88-71(58(5)6)40-27-41-72(88)59(7)8)83(79)54-66-52-68(92(17,18)19)53-67(91(66)93(85-50-24-34-64-32-20-22-36-77(64)85)86-51-25-35-65-33-21-23-37-78(65)86)55-84-81(89-73(60(9)10)42-28-43-74(89)61(11)12)48-31-49-82(84)90-75(62(13)14)44-29-45-76(90)63(15)16/h20-53,56-63H,54-55H2,1-19H3. The SMILES string of the molecule is CC(C)c1cccc(C(C)C)c1-c1cccc(-c2c(C(C)C)cccc2C(C)C)c1Cc1cc(C(C)(C)C)cc(Cc2c(-c3c(C(C)C)cccc3C(C)C)cccc2-c2c(C(C)C)cccc2C(C)C)c1[Si](c1cccc2ccccc12)c1cccc2ccccc12. The fourth-order valence-electron chi connectivity index (χ4n) is 15.4. The minimum Gasteiger partial charge on any atom is -0.0618 e. The lowest BCUT2D eigenvalue weighted by Gasteiger charge is -2.32. The van der Waals surface area contributed by atoms with Crippen LogP contribution < -0.4 is 15.6 Å². The Morgan fingerprint density at radius 1 is 0.280 bits per heavy atom. The summed E-state index contributed by atoms with van der Waals surface area (Å²) in [5, 5.41) is 9.60. The fourth-order valence-corrected chi connectivity index (χ4v) is 18.7. The third-order valence-corrected chi connectivity index (χ3v) is 23.3. The van der Waals surface area contributed by atoms with Crippen molar-refractivity contribution in [3.63, 3.8) is 0 Å². The normalized spacial score (nSPS) is 12.3. The monoisotopic (exact) mass is 1240 g/mol. The van der Waals surface area contributed by atoms with Crippen molar-refractivity contribution in [1.82, 2.24) is 0 Å². The lowest BCUT2D eigenvalue weighted by Crippen LogP contribution is -2.55. The Bertz CT molecular complexity index is 3950. The van der Waals surface area contributed by atoms with Crippen molar-refractivity contribution in [3.8, 4) is 44.5 Å². The maximum Gasteiger partial charge on any atom is 0.156 e. The number of fused-ring (bicyclic) bond motifs is 2. The van der Waals surface area contributed by atoms with Gasteiger partial charge >= 0.3 is 0 Å². The third-order valence-electron chi connectivity index (χ3n) is 20.2. The summed E-state index contributed by atoms with van der Waals surface area (Å²) < 4.78 is 0. The second-order valence-corrected chi connectivity index (χ2v) is 32.7.